The minimum absolute atomic E-state index is 0.00144. The number of H-pyrrole nitrogens is 1. The zero-order valence-corrected chi connectivity index (χ0v) is 17.6. The first-order chi connectivity index (χ1) is 15.4. The largest absolute Gasteiger partial charge is 0.363 e. The molecule has 1 fully saturated rings. The zero-order chi connectivity index (χ0) is 22.7. The van der Waals surface area contributed by atoms with Gasteiger partial charge in [-0.15, -0.1) is 0 Å². The Hall–Kier alpha value is -3.53. The first-order valence-electron chi connectivity index (χ1n) is 10.4. The number of benzene rings is 1. The predicted molar refractivity (Wildman–Crippen MR) is 117 cm³/mol. The molecular formula is C22H25F2N7O. The highest BCUT2D eigenvalue weighted by molar-refractivity contribution is 5.78. The standard InChI is InChI=1S/C22H25F2N7O/c1-12(13-4-6-16(23)7-5-13)27-21-15(11-26-20(32)10-25)8-17(24)22(29-21)28-19-9-18(30-31-19)14-2-3-14/h4-9,12,14H,2-3,10-11,25H2,1H3,(H,26,32)(H3,27,28,29,30,31). The highest BCUT2D eigenvalue weighted by atomic mass is 19.1. The molecule has 4 rings (SSSR count). The maximum atomic E-state index is 14.8. The molecule has 2 heterocycles. The Labute approximate surface area is 184 Å². The summed E-state index contributed by atoms with van der Waals surface area (Å²) in [7, 11) is 0. The van der Waals surface area contributed by atoms with Gasteiger partial charge in [0.25, 0.3) is 0 Å². The molecule has 1 unspecified atom stereocenters. The summed E-state index contributed by atoms with van der Waals surface area (Å²) in [5.74, 6) is 0.0510. The summed E-state index contributed by atoms with van der Waals surface area (Å²) in [5, 5.41) is 15.9. The number of anilines is 3. The van der Waals surface area contributed by atoms with Gasteiger partial charge in [-0.05, 0) is 43.5 Å². The summed E-state index contributed by atoms with van der Waals surface area (Å²) in [6.07, 6.45) is 2.24. The molecule has 2 aromatic heterocycles. The van der Waals surface area contributed by atoms with Crippen LogP contribution in [0.3, 0.4) is 0 Å². The smallest absolute Gasteiger partial charge is 0.234 e. The Morgan fingerprint density at radius 3 is 2.66 bits per heavy atom. The van der Waals surface area contributed by atoms with Gasteiger partial charge in [-0.1, -0.05) is 12.1 Å². The summed E-state index contributed by atoms with van der Waals surface area (Å²) in [4.78, 5) is 16.0. The van der Waals surface area contributed by atoms with E-state index in [1.807, 2.05) is 13.0 Å². The molecule has 1 aromatic carbocycles. The van der Waals surface area contributed by atoms with E-state index in [9.17, 15) is 13.6 Å². The number of hydrogen-bond donors (Lipinski definition) is 5. The number of halogens is 2. The SMILES string of the molecule is CC(Nc1nc(Nc2cc(C3CC3)[nH]n2)c(F)cc1CNC(=O)CN)c1ccc(F)cc1. The fourth-order valence-corrected chi connectivity index (χ4v) is 3.31. The molecule has 168 valence electrons. The van der Waals surface area contributed by atoms with Crippen LogP contribution >= 0.6 is 0 Å². The Balaban J connectivity index is 1.59. The summed E-state index contributed by atoms with van der Waals surface area (Å²) in [6.45, 7) is 1.75. The van der Waals surface area contributed by atoms with Gasteiger partial charge in [0.2, 0.25) is 5.91 Å². The fourth-order valence-electron chi connectivity index (χ4n) is 3.31. The Bertz CT molecular complexity index is 1100. The highest BCUT2D eigenvalue weighted by Gasteiger charge is 2.26. The first kappa shape index (κ1) is 21.7. The number of carbonyl (C=O) groups excluding carboxylic acids is 1. The van der Waals surface area contributed by atoms with Crippen LogP contribution in [0.25, 0.3) is 0 Å². The number of nitrogens with two attached hydrogens (primary N) is 1. The van der Waals surface area contributed by atoms with Crippen LogP contribution in [-0.4, -0.2) is 27.6 Å². The lowest BCUT2D eigenvalue weighted by Gasteiger charge is -2.19. The Morgan fingerprint density at radius 2 is 1.97 bits per heavy atom. The number of pyridine rings is 1. The number of aromatic amines is 1. The molecule has 1 aliphatic carbocycles. The van der Waals surface area contributed by atoms with Gasteiger partial charge in [-0.2, -0.15) is 5.10 Å². The lowest BCUT2D eigenvalue weighted by atomic mass is 10.1. The number of nitrogens with one attached hydrogen (secondary N) is 4. The minimum Gasteiger partial charge on any atom is -0.363 e. The summed E-state index contributed by atoms with van der Waals surface area (Å²) in [6, 6.07) is 8.97. The number of aromatic nitrogens is 3. The van der Waals surface area contributed by atoms with E-state index in [1.54, 1.807) is 12.1 Å². The van der Waals surface area contributed by atoms with Crippen LogP contribution in [0.4, 0.5) is 26.2 Å². The monoisotopic (exact) mass is 441 g/mol. The third kappa shape index (κ3) is 5.20. The normalized spacial score (nSPS) is 14.1. The molecule has 3 aromatic rings. The van der Waals surface area contributed by atoms with Crippen molar-refractivity contribution >= 4 is 23.4 Å². The van der Waals surface area contributed by atoms with Crippen molar-refractivity contribution < 1.29 is 13.6 Å². The molecule has 1 amide bonds. The van der Waals surface area contributed by atoms with Gasteiger partial charge in [0.15, 0.2) is 17.5 Å². The Kier molecular flexibility index (Phi) is 6.31. The zero-order valence-electron chi connectivity index (χ0n) is 17.6. The van der Waals surface area contributed by atoms with Crippen LogP contribution in [0.5, 0.6) is 0 Å². The van der Waals surface area contributed by atoms with E-state index in [1.165, 1.54) is 18.2 Å². The van der Waals surface area contributed by atoms with Crippen LogP contribution in [0.15, 0.2) is 36.4 Å². The molecule has 1 saturated carbocycles. The van der Waals surface area contributed by atoms with E-state index in [2.05, 4.69) is 31.1 Å². The number of nitrogens with zero attached hydrogens (tertiary/aromatic N) is 2. The van der Waals surface area contributed by atoms with Gasteiger partial charge in [-0.25, -0.2) is 13.8 Å². The summed E-state index contributed by atoms with van der Waals surface area (Å²) >= 11 is 0. The fraction of sp³-hybridized carbons (Fsp3) is 0.318. The van der Waals surface area contributed by atoms with E-state index in [-0.39, 0.29) is 36.7 Å². The van der Waals surface area contributed by atoms with Gasteiger partial charge in [0.05, 0.1) is 6.54 Å². The van der Waals surface area contributed by atoms with Gasteiger partial charge < -0.3 is 21.7 Å². The number of hydrogen-bond acceptors (Lipinski definition) is 6. The van der Waals surface area contributed by atoms with Crippen molar-refractivity contribution in [1.29, 1.82) is 0 Å². The molecule has 0 aliphatic heterocycles. The van der Waals surface area contributed by atoms with Crippen molar-refractivity contribution in [1.82, 2.24) is 20.5 Å². The molecule has 6 N–H and O–H groups in total. The average Bonchev–Trinajstić information content (AvgIpc) is 3.53. The lowest BCUT2D eigenvalue weighted by molar-refractivity contribution is -0.119. The average molecular weight is 441 g/mol. The molecule has 32 heavy (non-hydrogen) atoms. The topological polar surface area (TPSA) is 121 Å². The first-order valence-corrected chi connectivity index (χ1v) is 10.4. The number of amides is 1. The van der Waals surface area contributed by atoms with Gasteiger partial charge >= 0.3 is 0 Å². The highest BCUT2D eigenvalue weighted by Crippen LogP contribution is 2.39. The number of carbonyl (C=O) groups is 1. The minimum atomic E-state index is -0.585. The second-order valence-corrected chi connectivity index (χ2v) is 7.83. The molecule has 10 heteroatoms. The van der Waals surface area contributed by atoms with Gasteiger partial charge in [0.1, 0.15) is 11.6 Å². The molecule has 8 nitrogen and oxygen atoms in total. The second kappa shape index (κ2) is 9.31. The molecule has 0 bridgehead atoms. The van der Waals surface area contributed by atoms with Crippen LogP contribution in [0.1, 0.15) is 48.5 Å². The third-order valence-electron chi connectivity index (χ3n) is 5.30. The predicted octanol–water partition coefficient (Wildman–Crippen LogP) is 3.45. The van der Waals surface area contributed by atoms with Crippen LogP contribution in [0, 0.1) is 11.6 Å². The van der Waals surface area contributed by atoms with E-state index in [0.29, 0.717) is 23.1 Å². The third-order valence-corrected chi connectivity index (χ3v) is 5.30. The van der Waals surface area contributed by atoms with Gasteiger partial charge in [0, 0.05) is 35.8 Å². The summed E-state index contributed by atoms with van der Waals surface area (Å²) < 4.78 is 28.1. The van der Waals surface area contributed by atoms with Crippen molar-refractivity contribution in [3.63, 3.8) is 0 Å². The molecule has 0 spiro atoms. The molecular weight excluding hydrogens is 416 g/mol. The summed E-state index contributed by atoms with van der Waals surface area (Å²) in [5.41, 5.74) is 7.63. The van der Waals surface area contributed by atoms with Crippen molar-refractivity contribution in [2.75, 3.05) is 17.2 Å². The molecule has 1 aliphatic rings. The van der Waals surface area contributed by atoms with E-state index in [4.69, 9.17) is 5.73 Å². The molecule has 1 atom stereocenters. The van der Waals surface area contributed by atoms with Crippen LogP contribution in [-0.2, 0) is 11.3 Å². The van der Waals surface area contributed by atoms with Crippen LogP contribution in [0.2, 0.25) is 0 Å². The maximum absolute atomic E-state index is 14.8. The van der Waals surface area contributed by atoms with E-state index >= 15 is 0 Å². The van der Waals surface area contributed by atoms with Gasteiger partial charge in [-0.3, -0.25) is 9.89 Å². The van der Waals surface area contributed by atoms with Crippen molar-refractivity contribution in [2.24, 2.45) is 5.73 Å². The van der Waals surface area contributed by atoms with Crippen LogP contribution < -0.4 is 21.7 Å². The van der Waals surface area contributed by atoms with E-state index in [0.717, 1.165) is 24.1 Å². The Morgan fingerprint density at radius 1 is 1.22 bits per heavy atom. The molecule has 0 saturated heterocycles. The van der Waals surface area contributed by atoms with Crippen molar-refractivity contribution in [3.05, 3.63) is 64.9 Å². The quantitative estimate of drug-likeness (QED) is 0.347. The van der Waals surface area contributed by atoms with Crippen molar-refractivity contribution in [3.8, 4) is 0 Å². The maximum Gasteiger partial charge on any atom is 0.234 e. The molecule has 0 radical (unpaired) electrons. The second-order valence-electron chi connectivity index (χ2n) is 7.83. The lowest BCUT2D eigenvalue weighted by Crippen LogP contribution is -2.30. The van der Waals surface area contributed by atoms with E-state index < -0.39 is 5.82 Å². The van der Waals surface area contributed by atoms with Crippen molar-refractivity contribution in [2.45, 2.75) is 38.3 Å². The number of rotatable bonds is 9.